The summed E-state index contributed by atoms with van der Waals surface area (Å²) in [5, 5.41) is 3.99. The van der Waals surface area contributed by atoms with E-state index in [1.165, 1.54) is 11.3 Å². The summed E-state index contributed by atoms with van der Waals surface area (Å²) in [5.41, 5.74) is 6.03. The van der Waals surface area contributed by atoms with E-state index < -0.39 is 0 Å². The highest BCUT2D eigenvalue weighted by atomic mass is 35.5. The second kappa shape index (κ2) is 10.8. The maximum Gasteiger partial charge on any atom is 0.279 e. The van der Waals surface area contributed by atoms with Crippen LogP contribution in [0.5, 0.6) is 0 Å². The molecule has 0 aliphatic heterocycles. The van der Waals surface area contributed by atoms with Gasteiger partial charge in [-0.25, -0.2) is 4.98 Å². The van der Waals surface area contributed by atoms with E-state index in [1.54, 1.807) is 24.3 Å². The van der Waals surface area contributed by atoms with E-state index in [2.05, 4.69) is 15.3 Å². The molecule has 2 aromatic heterocycles. The molecule has 0 bridgehead atoms. The molecule has 0 spiro atoms. The molecule has 0 saturated carbocycles. The number of halogens is 1. The van der Waals surface area contributed by atoms with Crippen LogP contribution in [-0.4, -0.2) is 29.0 Å². The van der Waals surface area contributed by atoms with E-state index in [9.17, 15) is 9.59 Å². The minimum absolute atomic E-state index is 0. The molecule has 8 heteroatoms. The minimum atomic E-state index is -0.284. The fourth-order valence-corrected chi connectivity index (χ4v) is 3.68. The molecule has 6 nitrogen and oxygen atoms in total. The summed E-state index contributed by atoms with van der Waals surface area (Å²) in [5.74, 6) is -0.219. The first-order chi connectivity index (χ1) is 13.2. The molecule has 0 radical (unpaired) electrons. The third kappa shape index (κ3) is 5.58. The van der Waals surface area contributed by atoms with Crippen LogP contribution in [0, 0.1) is 0 Å². The van der Waals surface area contributed by atoms with E-state index in [1.807, 2.05) is 18.2 Å². The molecule has 3 aromatic rings. The zero-order valence-electron chi connectivity index (χ0n) is 15.4. The van der Waals surface area contributed by atoms with Crippen LogP contribution in [-0.2, 0) is 0 Å². The van der Waals surface area contributed by atoms with Gasteiger partial charge in [-0.05, 0) is 43.7 Å². The molecule has 2 heterocycles. The van der Waals surface area contributed by atoms with Crippen molar-refractivity contribution >= 4 is 39.7 Å². The van der Waals surface area contributed by atoms with E-state index in [-0.39, 0.29) is 23.9 Å². The Bertz CT molecular complexity index is 993. The van der Waals surface area contributed by atoms with Crippen LogP contribution in [0.2, 0.25) is 0 Å². The standard InChI is InChI=1S/C20H22N4O2S.ClH/c21-12-5-1-2-6-13-22-19(26)15-9-7-10-16(23-15)20-24-18(25)14-8-3-4-11-17(14)27-20;/h3-4,7-11H,1-2,5-6,12-13,21H2,(H,22,26);1H. The molecule has 0 saturated heterocycles. The largest absolute Gasteiger partial charge is 0.351 e. The summed E-state index contributed by atoms with van der Waals surface area (Å²) in [6, 6.07) is 12.5. The maximum absolute atomic E-state index is 12.3. The Morgan fingerprint density at radius 3 is 2.61 bits per heavy atom. The van der Waals surface area contributed by atoms with Gasteiger partial charge in [-0.3, -0.25) is 9.59 Å². The molecule has 3 N–H and O–H groups in total. The third-order valence-electron chi connectivity index (χ3n) is 4.14. The minimum Gasteiger partial charge on any atom is -0.351 e. The van der Waals surface area contributed by atoms with Crippen LogP contribution in [0.4, 0.5) is 0 Å². The van der Waals surface area contributed by atoms with Crippen LogP contribution < -0.4 is 16.6 Å². The Balaban J connectivity index is 0.00000280. The number of pyridine rings is 1. The average molecular weight is 419 g/mol. The quantitative estimate of drug-likeness (QED) is 0.546. The lowest BCUT2D eigenvalue weighted by atomic mass is 10.2. The van der Waals surface area contributed by atoms with Gasteiger partial charge in [0, 0.05) is 11.2 Å². The fourth-order valence-electron chi connectivity index (χ4n) is 2.72. The van der Waals surface area contributed by atoms with Crippen LogP contribution >= 0.6 is 23.7 Å². The second-order valence-electron chi connectivity index (χ2n) is 6.19. The summed E-state index contributed by atoms with van der Waals surface area (Å²) >= 11 is 1.39. The van der Waals surface area contributed by atoms with E-state index in [0.29, 0.717) is 34.9 Å². The Hall–Kier alpha value is -2.35. The molecular weight excluding hydrogens is 396 g/mol. The number of aromatic nitrogens is 2. The number of amides is 1. The van der Waals surface area contributed by atoms with Gasteiger partial charge in [0.05, 0.1) is 11.1 Å². The summed E-state index contributed by atoms with van der Waals surface area (Å²) in [6.45, 7) is 1.31. The highest BCUT2D eigenvalue weighted by Gasteiger charge is 2.11. The lowest BCUT2D eigenvalue weighted by molar-refractivity contribution is 0.0948. The van der Waals surface area contributed by atoms with Gasteiger partial charge in [-0.1, -0.05) is 31.0 Å². The van der Waals surface area contributed by atoms with Gasteiger partial charge in [-0.2, -0.15) is 4.98 Å². The lowest BCUT2D eigenvalue weighted by Crippen LogP contribution is -2.25. The number of hydrogen-bond donors (Lipinski definition) is 2. The molecule has 1 amide bonds. The third-order valence-corrected chi connectivity index (χ3v) is 5.21. The van der Waals surface area contributed by atoms with Gasteiger partial charge >= 0.3 is 0 Å². The van der Waals surface area contributed by atoms with Gasteiger partial charge in [-0.15, -0.1) is 23.7 Å². The number of nitrogens with zero attached hydrogens (tertiary/aromatic N) is 2. The molecule has 0 unspecified atom stereocenters. The van der Waals surface area contributed by atoms with Crippen molar-refractivity contribution in [2.75, 3.05) is 13.1 Å². The highest BCUT2D eigenvalue weighted by Crippen LogP contribution is 2.24. The van der Waals surface area contributed by atoms with Crippen molar-refractivity contribution in [2.45, 2.75) is 25.7 Å². The fraction of sp³-hybridized carbons (Fsp3) is 0.300. The molecule has 3 rings (SSSR count). The van der Waals surface area contributed by atoms with Crippen LogP contribution in [0.15, 0.2) is 47.3 Å². The Labute approximate surface area is 173 Å². The molecule has 28 heavy (non-hydrogen) atoms. The maximum atomic E-state index is 12.3. The van der Waals surface area contributed by atoms with Crippen molar-refractivity contribution in [3.63, 3.8) is 0 Å². The van der Waals surface area contributed by atoms with Crippen molar-refractivity contribution in [3.8, 4) is 10.7 Å². The van der Waals surface area contributed by atoms with Crippen LogP contribution in [0.25, 0.3) is 20.8 Å². The number of nitrogens with two attached hydrogens (primary N) is 1. The number of carbonyl (C=O) groups is 1. The highest BCUT2D eigenvalue weighted by molar-refractivity contribution is 7.21. The van der Waals surface area contributed by atoms with Crippen molar-refractivity contribution in [2.24, 2.45) is 5.73 Å². The number of nitrogens with one attached hydrogen (secondary N) is 1. The van der Waals surface area contributed by atoms with Crippen molar-refractivity contribution < 1.29 is 4.79 Å². The first-order valence-electron chi connectivity index (χ1n) is 9.04. The molecule has 0 aliphatic rings. The first kappa shape index (κ1) is 21.9. The summed E-state index contributed by atoms with van der Waals surface area (Å²) in [4.78, 5) is 33.1. The number of rotatable bonds is 8. The van der Waals surface area contributed by atoms with Crippen molar-refractivity contribution in [1.29, 1.82) is 0 Å². The Kier molecular flexibility index (Phi) is 8.50. The smallest absolute Gasteiger partial charge is 0.279 e. The molecule has 0 aliphatic carbocycles. The van der Waals surface area contributed by atoms with Crippen LogP contribution in [0.1, 0.15) is 36.2 Å². The van der Waals surface area contributed by atoms with Crippen molar-refractivity contribution in [3.05, 3.63) is 58.5 Å². The Morgan fingerprint density at radius 2 is 1.79 bits per heavy atom. The van der Waals surface area contributed by atoms with Crippen LogP contribution in [0.3, 0.4) is 0 Å². The van der Waals surface area contributed by atoms with Gasteiger partial charge < -0.3 is 11.1 Å². The summed E-state index contributed by atoms with van der Waals surface area (Å²) in [7, 11) is 0. The van der Waals surface area contributed by atoms with Crippen molar-refractivity contribution in [1.82, 2.24) is 15.3 Å². The lowest BCUT2D eigenvalue weighted by Gasteiger charge is -2.06. The summed E-state index contributed by atoms with van der Waals surface area (Å²) in [6.07, 6.45) is 4.05. The van der Waals surface area contributed by atoms with E-state index >= 15 is 0 Å². The number of carbonyl (C=O) groups excluding carboxylic acids is 1. The summed E-state index contributed by atoms with van der Waals surface area (Å²) < 4.78 is 0.849. The van der Waals surface area contributed by atoms with Gasteiger partial charge in [0.1, 0.15) is 10.7 Å². The normalized spacial score (nSPS) is 10.5. The zero-order chi connectivity index (χ0) is 19.1. The van der Waals surface area contributed by atoms with E-state index in [4.69, 9.17) is 5.73 Å². The molecule has 148 valence electrons. The number of benzene rings is 1. The number of fused-ring (bicyclic) bond motifs is 1. The molecule has 0 fully saturated rings. The molecule has 1 aromatic carbocycles. The first-order valence-corrected chi connectivity index (χ1v) is 9.86. The molecular formula is C20H23ClN4O2S. The Morgan fingerprint density at radius 1 is 1.00 bits per heavy atom. The topological polar surface area (TPSA) is 98.0 Å². The number of unbranched alkanes of at least 4 members (excludes halogenated alkanes) is 3. The van der Waals surface area contributed by atoms with Gasteiger partial charge in [0.25, 0.3) is 11.5 Å². The van der Waals surface area contributed by atoms with E-state index in [0.717, 1.165) is 30.4 Å². The second-order valence-corrected chi connectivity index (χ2v) is 7.22. The SMILES string of the molecule is Cl.NCCCCCCNC(=O)c1cccc(-c2nc(=O)c3ccccc3s2)n1. The number of hydrogen-bond acceptors (Lipinski definition) is 6. The van der Waals surface area contributed by atoms with Gasteiger partial charge in [0.15, 0.2) is 0 Å². The zero-order valence-corrected chi connectivity index (χ0v) is 17.0. The monoisotopic (exact) mass is 418 g/mol. The van der Waals surface area contributed by atoms with Gasteiger partial charge in [0.2, 0.25) is 0 Å². The predicted molar refractivity (Wildman–Crippen MR) is 116 cm³/mol. The average Bonchev–Trinajstić information content (AvgIpc) is 2.70. The molecule has 0 atom stereocenters. The predicted octanol–water partition coefficient (Wildman–Crippen LogP) is 3.39.